The van der Waals surface area contributed by atoms with Crippen molar-refractivity contribution in [2.75, 3.05) is 18.8 Å². The van der Waals surface area contributed by atoms with Crippen LogP contribution in [0.1, 0.15) is 42.5 Å². The molecular weight excluding hydrogens is 254 g/mol. The lowest BCUT2D eigenvalue weighted by molar-refractivity contribution is -0.0886. The number of hydrogen-bond acceptors (Lipinski definition) is 4. The first-order chi connectivity index (χ1) is 9.58. The maximum absolute atomic E-state index is 12.5. The van der Waals surface area contributed by atoms with Gasteiger partial charge in [-0.3, -0.25) is 4.79 Å². The van der Waals surface area contributed by atoms with E-state index in [4.69, 9.17) is 5.73 Å². The Balaban J connectivity index is 1.74. The molecule has 0 radical (unpaired) electrons. The van der Waals surface area contributed by atoms with Gasteiger partial charge in [-0.2, -0.15) is 0 Å². The minimum absolute atomic E-state index is 0.00766. The number of fused-ring (bicyclic) bond motifs is 1. The molecule has 1 aromatic rings. The van der Waals surface area contributed by atoms with Gasteiger partial charge in [0.2, 0.25) is 0 Å². The average Bonchev–Trinajstić information content (AvgIpc) is 2.45. The van der Waals surface area contributed by atoms with Gasteiger partial charge >= 0.3 is 0 Å². The Labute approximate surface area is 118 Å². The molecule has 20 heavy (non-hydrogen) atoms. The van der Waals surface area contributed by atoms with Gasteiger partial charge in [0, 0.05) is 30.8 Å². The second-order valence-electron chi connectivity index (χ2n) is 6.02. The van der Waals surface area contributed by atoms with Gasteiger partial charge in [-0.05, 0) is 31.4 Å². The molecule has 5 nitrogen and oxygen atoms in total. The van der Waals surface area contributed by atoms with Gasteiger partial charge in [-0.15, -0.1) is 0 Å². The van der Waals surface area contributed by atoms with E-state index >= 15 is 0 Å². The zero-order valence-electron chi connectivity index (χ0n) is 11.6. The number of nitrogens with zero attached hydrogens (tertiary/aromatic N) is 2. The number of rotatable bonds is 1. The number of nitrogens with two attached hydrogens (primary N) is 1. The van der Waals surface area contributed by atoms with Crippen molar-refractivity contribution in [2.45, 2.75) is 37.7 Å². The molecule has 1 aromatic heterocycles. The number of anilines is 1. The number of amides is 1. The fourth-order valence-corrected chi connectivity index (χ4v) is 3.52. The summed E-state index contributed by atoms with van der Waals surface area (Å²) in [5.74, 6) is 0.571. The Morgan fingerprint density at radius 1 is 1.45 bits per heavy atom. The zero-order chi connectivity index (χ0) is 14.2. The van der Waals surface area contributed by atoms with E-state index in [0.29, 0.717) is 30.9 Å². The molecule has 0 aromatic carbocycles. The second kappa shape index (κ2) is 5.05. The number of carbonyl (C=O) groups is 1. The van der Waals surface area contributed by atoms with Crippen molar-refractivity contribution in [3.8, 4) is 0 Å². The summed E-state index contributed by atoms with van der Waals surface area (Å²) in [6.45, 7) is 1.27. The van der Waals surface area contributed by atoms with Crippen LogP contribution in [-0.4, -0.2) is 39.6 Å². The Hall–Kier alpha value is -1.62. The first-order valence-electron chi connectivity index (χ1n) is 7.32. The van der Waals surface area contributed by atoms with Crippen LogP contribution in [-0.2, 0) is 0 Å². The van der Waals surface area contributed by atoms with Crippen molar-refractivity contribution in [3.05, 3.63) is 23.9 Å². The summed E-state index contributed by atoms with van der Waals surface area (Å²) in [7, 11) is 0. The monoisotopic (exact) mass is 275 g/mol. The molecule has 2 fully saturated rings. The molecule has 1 aliphatic carbocycles. The molecule has 1 aliphatic heterocycles. The van der Waals surface area contributed by atoms with Crippen LogP contribution in [0, 0.1) is 5.92 Å². The Morgan fingerprint density at radius 3 is 3.10 bits per heavy atom. The van der Waals surface area contributed by atoms with Crippen molar-refractivity contribution in [1.82, 2.24) is 9.88 Å². The number of likely N-dealkylation sites (tertiary alicyclic amines) is 1. The average molecular weight is 275 g/mol. The molecule has 2 aliphatic rings. The van der Waals surface area contributed by atoms with Gasteiger partial charge < -0.3 is 15.7 Å². The molecular formula is C15H21N3O2. The number of aromatic nitrogens is 1. The highest BCUT2D eigenvalue weighted by atomic mass is 16.3. The summed E-state index contributed by atoms with van der Waals surface area (Å²) in [5, 5.41) is 10.6. The van der Waals surface area contributed by atoms with Gasteiger partial charge in [-0.25, -0.2) is 4.98 Å². The summed E-state index contributed by atoms with van der Waals surface area (Å²) in [4.78, 5) is 18.2. The van der Waals surface area contributed by atoms with Crippen molar-refractivity contribution >= 4 is 11.7 Å². The predicted molar refractivity (Wildman–Crippen MR) is 76.1 cm³/mol. The maximum atomic E-state index is 12.5. The number of pyridine rings is 1. The molecule has 3 N–H and O–H groups in total. The highest BCUT2D eigenvalue weighted by Crippen LogP contribution is 2.40. The third-order valence-corrected chi connectivity index (χ3v) is 4.74. The molecule has 2 atom stereocenters. The lowest BCUT2D eigenvalue weighted by Crippen LogP contribution is -2.54. The number of nitrogen functional groups attached to an aromatic ring is 1. The molecule has 1 saturated carbocycles. The normalized spacial score (nSPS) is 29.9. The van der Waals surface area contributed by atoms with Crippen LogP contribution < -0.4 is 5.73 Å². The Morgan fingerprint density at radius 2 is 2.30 bits per heavy atom. The van der Waals surface area contributed by atoms with Crippen LogP contribution >= 0.6 is 0 Å². The van der Waals surface area contributed by atoms with Gasteiger partial charge in [0.05, 0.1) is 5.60 Å². The largest absolute Gasteiger partial charge is 0.389 e. The third-order valence-electron chi connectivity index (χ3n) is 4.74. The van der Waals surface area contributed by atoms with Crippen molar-refractivity contribution in [1.29, 1.82) is 0 Å². The molecule has 0 bridgehead atoms. The highest BCUT2D eigenvalue weighted by Gasteiger charge is 2.43. The van der Waals surface area contributed by atoms with Crippen LogP contribution in [0.5, 0.6) is 0 Å². The summed E-state index contributed by atoms with van der Waals surface area (Å²) in [5.41, 5.74) is 5.66. The maximum Gasteiger partial charge on any atom is 0.254 e. The SMILES string of the molecule is Nc1cc(C(=O)N2CCC3(O)CCCCC3C2)ccn1. The first kappa shape index (κ1) is 13.4. The zero-order valence-corrected chi connectivity index (χ0v) is 11.6. The smallest absolute Gasteiger partial charge is 0.254 e. The van der Waals surface area contributed by atoms with E-state index in [9.17, 15) is 9.90 Å². The minimum Gasteiger partial charge on any atom is -0.389 e. The van der Waals surface area contributed by atoms with Crippen LogP contribution in [0.15, 0.2) is 18.3 Å². The topological polar surface area (TPSA) is 79.5 Å². The summed E-state index contributed by atoms with van der Waals surface area (Å²) in [6, 6.07) is 3.31. The fraction of sp³-hybridized carbons (Fsp3) is 0.600. The summed E-state index contributed by atoms with van der Waals surface area (Å²) >= 11 is 0. The molecule has 5 heteroatoms. The highest BCUT2D eigenvalue weighted by molar-refractivity contribution is 5.94. The molecule has 108 valence electrons. The lowest BCUT2D eigenvalue weighted by Gasteiger charge is -2.47. The minimum atomic E-state index is -0.549. The summed E-state index contributed by atoms with van der Waals surface area (Å²) < 4.78 is 0. The van der Waals surface area contributed by atoms with Crippen molar-refractivity contribution < 1.29 is 9.90 Å². The van der Waals surface area contributed by atoms with Crippen LogP contribution in [0.2, 0.25) is 0 Å². The molecule has 1 amide bonds. The third kappa shape index (κ3) is 2.38. The van der Waals surface area contributed by atoms with Crippen molar-refractivity contribution in [3.63, 3.8) is 0 Å². The summed E-state index contributed by atoms with van der Waals surface area (Å²) in [6.07, 6.45) is 6.38. The molecule has 2 heterocycles. The standard InChI is InChI=1S/C15H21N3O2/c16-13-9-11(4-7-17-13)14(19)18-8-6-15(20)5-2-1-3-12(15)10-18/h4,7,9,12,20H,1-3,5-6,8,10H2,(H2,16,17). The van der Waals surface area contributed by atoms with Crippen molar-refractivity contribution in [2.24, 2.45) is 5.92 Å². The second-order valence-corrected chi connectivity index (χ2v) is 6.02. The predicted octanol–water partition coefficient (Wildman–Crippen LogP) is 1.43. The van der Waals surface area contributed by atoms with E-state index in [1.54, 1.807) is 18.3 Å². The lowest BCUT2D eigenvalue weighted by atomic mass is 9.71. The molecule has 3 rings (SSSR count). The van der Waals surface area contributed by atoms with Crippen LogP contribution in [0.4, 0.5) is 5.82 Å². The molecule has 0 spiro atoms. The fourth-order valence-electron chi connectivity index (χ4n) is 3.52. The Kier molecular flexibility index (Phi) is 3.38. The van der Waals surface area contributed by atoms with Gasteiger partial charge in [0.1, 0.15) is 5.82 Å². The number of hydrogen-bond donors (Lipinski definition) is 2. The number of piperidine rings is 1. The van der Waals surface area contributed by atoms with Crippen LogP contribution in [0.25, 0.3) is 0 Å². The van der Waals surface area contributed by atoms with Gasteiger partial charge in [0.25, 0.3) is 5.91 Å². The Bertz CT molecular complexity index is 520. The van der Waals surface area contributed by atoms with E-state index in [0.717, 1.165) is 25.7 Å². The van der Waals surface area contributed by atoms with Gasteiger partial charge in [-0.1, -0.05) is 12.8 Å². The van der Waals surface area contributed by atoms with Crippen LogP contribution in [0.3, 0.4) is 0 Å². The first-order valence-corrected chi connectivity index (χ1v) is 7.32. The number of aliphatic hydroxyl groups is 1. The molecule has 1 saturated heterocycles. The molecule has 2 unspecified atom stereocenters. The van der Waals surface area contributed by atoms with E-state index in [1.165, 1.54) is 0 Å². The number of carbonyl (C=O) groups excluding carboxylic acids is 1. The van der Waals surface area contributed by atoms with E-state index in [2.05, 4.69) is 4.98 Å². The van der Waals surface area contributed by atoms with E-state index < -0.39 is 5.60 Å². The quantitative estimate of drug-likeness (QED) is 0.812. The van der Waals surface area contributed by atoms with Gasteiger partial charge in [0.15, 0.2) is 0 Å². The van der Waals surface area contributed by atoms with E-state index in [-0.39, 0.29) is 11.8 Å². The van der Waals surface area contributed by atoms with E-state index in [1.807, 2.05) is 4.90 Å².